The van der Waals surface area contributed by atoms with Crippen molar-refractivity contribution in [2.24, 2.45) is 0 Å². The van der Waals surface area contributed by atoms with Gasteiger partial charge in [-0.15, -0.1) is 10.2 Å². The lowest BCUT2D eigenvalue weighted by molar-refractivity contribution is -0.127. The smallest absolute Gasteiger partial charge is 0.251 e. The summed E-state index contributed by atoms with van der Waals surface area (Å²) in [6.07, 6.45) is 0. The summed E-state index contributed by atoms with van der Waals surface area (Å²) in [7, 11) is 1.59. The number of ether oxygens (including phenoxy) is 1. The third-order valence-corrected chi connectivity index (χ3v) is 6.88. The third-order valence-electron chi connectivity index (χ3n) is 6.88. The Kier molecular flexibility index (Phi) is 8.61. The van der Waals surface area contributed by atoms with Crippen molar-refractivity contribution in [3.05, 3.63) is 113 Å². The van der Waals surface area contributed by atoms with Gasteiger partial charge in [-0.05, 0) is 91.7 Å². The molecular formula is C32H31FN6O4. The zero-order chi connectivity index (χ0) is 30.5. The van der Waals surface area contributed by atoms with Crippen molar-refractivity contribution in [2.75, 3.05) is 12.0 Å². The second-order valence-corrected chi connectivity index (χ2v) is 10.1. The number of anilines is 1. The van der Waals surface area contributed by atoms with E-state index in [9.17, 15) is 14.0 Å². The summed E-state index contributed by atoms with van der Waals surface area (Å²) in [6.45, 7) is 5.51. The Morgan fingerprint density at radius 1 is 1.00 bits per heavy atom. The van der Waals surface area contributed by atoms with E-state index in [1.54, 1.807) is 32.2 Å². The summed E-state index contributed by atoms with van der Waals surface area (Å²) in [5.41, 5.74) is 3.74. The van der Waals surface area contributed by atoms with Crippen molar-refractivity contribution >= 4 is 17.5 Å². The van der Waals surface area contributed by atoms with E-state index in [2.05, 4.69) is 20.7 Å². The summed E-state index contributed by atoms with van der Waals surface area (Å²) in [5.74, 6) is 0.552. The Labute approximate surface area is 248 Å². The Morgan fingerprint density at radius 3 is 2.40 bits per heavy atom. The number of hydrogen-bond donors (Lipinski definition) is 1. The average Bonchev–Trinajstić information content (AvgIpc) is 3.64. The topological polar surface area (TPSA) is 115 Å². The van der Waals surface area contributed by atoms with E-state index in [4.69, 9.17) is 9.15 Å². The van der Waals surface area contributed by atoms with Crippen LogP contribution in [0.3, 0.4) is 0 Å². The van der Waals surface area contributed by atoms with E-state index in [1.807, 2.05) is 50.2 Å². The molecule has 43 heavy (non-hydrogen) atoms. The van der Waals surface area contributed by atoms with E-state index in [0.717, 1.165) is 21.5 Å². The number of amides is 2. The summed E-state index contributed by atoms with van der Waals surface area (Å²) in [4.78, 5) is 30.6. The minimum Gasteiger partial charge on any atom is -0.497 e. The van der Waals surface area contributed by atoms with Crippen LogP contribution in [0, 0.1) is 26.6 Å². The normalized spacial score (nSPS) is 11.7. The summed E-state index contributed by atoms with van der Waals surface area (Å²) >= 11 is 0. The molecule has 2 aromatic heterocycles. The van der Waals surface area contributed by atoms with Gasteiger partial charge in [0.25, 0.3) is 11.8 Å². The lowest BCUT2D eigenvalue weighted by atomic mass is 10.1. The molecule has 220 valence electrons. The van der Waals surface area contributed by atoms with Crippen LogP contribution >= 0.6 is 0 Å². The van der Waals surface area contributed by atoms with E-state index >= 15 is 0 Å². The summed E-state index contributed by atoms with van der Waals surface area (Å²) < 4.78 is 24.6. The first kappa shape index (κ1) is 29.2. The van der Waals surface area contributed by atoms with Crippen LogP contribution in [0.1, 0.15) is 34.3 Å². The molecule has 0 saturated carbocycles. The minimum atomic E-state index is -1.14. The van der Waals surface area contributed by atoms with Gasteiger partial charge in [-0.25, -0.2) is 4.39 Å². The molecular weight excluding hydrogens is 551 g/mol. The number of hydrogen-bond acceptors (Lipinski definition) is 7. The molecule has 2 amide bonds. The molecule has 11 heteroatoms. The van der Waals surface area contributed by atoms with Crippen molar-refractivity contribution in [2.45, 2.75) is 39.9 Å². The number of aryl methyl sites for hydroxylation is 3. The quantitative estimate of drug-likeness (QED) is 0.244. The number of rotatable bonds is 10. The molecule has 5 rings (SSSR count). The maximum absolute atomic E-state index is 14.1. The largest absolute Gasteiger partial charge is 0.497 e. The van der Waals surface area contributed by atoms with Crippen molar-refractivity contribution < 1.29 is 23.1 Å². The van der Waals surface area contributed by atoms with Crippen molar-refractivity contribution in [1.29, 1.82) is 0 Å². The third kappa shape index (κ3) is 6.78. The number of aromatic nitrogens is 4. The van der Waals surface area contributed by atoms with E-state index in [-0.39, 0.29) is 24.7 Å². The molecule has 0 aliphatic carbocycles. The number of methoxy groups -OCH3 is 1. The molecule has 0 aliphatic heterocycles. The number of carbonyl (C=O) groups excluding carboxylic acids is 2. The van der Waals surface area contributed by atoms with Crippen LogP contribution in [0.4, 0.5) is 10.1 Å². The van der Waals surface area contributed by atoms with Crippen molar-refractivity contribution in [1.82, 2.24) is 25.5 Å². The Hall–Kier alpha value is -5.32. The Balaban J connectivity index is 1.49. The number of carbonyl (C=O) groups is 2. The molecule has 0 aliphatic rings. The number of nitrogens with zero attached hydrogens (tertiary/aromatic N) is 5. The zero-order valence-corrected chi connectivity index (χ0v) is 24.2. The highest BCUT2D eigenvalue weighted by Crippen LogP contribution is 2.32. The van der Waals surface area contributed by atoms with Gasteiger partial charge in [0, 0.05) is 17.8 Å². The van der Waals surface area contributed by atoms with Gasteiger partial charge in [0.1, 0.15) is 29.6 Å². The molecule has 2 heterocycles. The maximum Gasteiger partial charge on any atom is 0.251 e. The fourth-order valence-corrected chi connectivity index (χ4v) is 4.72. The molecule has 1 atom stereocenters. The molecule has 0 fully saturated rings. The van der Waals surface area contributed by atoms with Gasteiger partial charge in [-0.2, -0.15) is 4.80 Å². The molecule has 0 radical (unpaired) electrons. The van der Waals surface area contributed by atoms with Gasteiger partial charge in [-0.1, -0.05) is 29.8 Å². The zero-order valence-electron chi connectivity index (χ0n) is 24.2. The molecule has 0 bridgehead atoms. The Bertz CT molecular complexity index is 1730. The lowest BCUT2D eigenvalue weighted by Gasteiger charge is -2.31. The first-order valence-electron chi connectivity index (χ1n) is 13.6. The van der Waals surface area contributed by atoms with Gasteiger partial charge in [0.05, 0.1) is 7.11 Å². The number of nitrogens with one attached hydrogen (secondary N) is 1. The molecule has 5 aromatic rings. The monoisotopic (exact) mass is 582 g/mol. The van der Waals surface area contributed by atoms with Crippen LogP contribution in [0.25, 0.3) is 11.4 Å². The highest BCUT2D eigenvalue weighted by Gasteiger charge is 2.36. The highest BCUT2D eigenvalue weighted by molar-refractivity contribution is 6.01. The van der Waals surface area contributed by atoms with Crippen molar-refractivity contribution in [3.8, 4) is 17.1 Å². The highest BCUT2D eigenvalue weighted by atomic mass is 19.1. The SMILES string of the molecule is COc1ccc(CNC(=O)[C@@H](c2ccc(C)o2)N(C(=O)Cn2nnc(-c3ccc(F)cc3)n2)c2ccc(C)cc2C)cc1. The summed E-state index contributed by atoms with van der Waals surface area (Å²) in [5, 5.41) is 15.4. The summed E-state index contributed by atoms with van der Waals surface area (Å²) in [6, 6.07) is 20.9. The van der Waals surface area contributed by atoms with Gasteiger partial charge >= 0.3 is 0 Å². The number of benzene rings is 3. The molecule has 10 nitrogen and oxygen atoms in total. The second-order valence-electron chi connectivity index (χ2n) is 10.1. The number of furan rings is 1. The first-order valence-corrected chi connectivity index (χ1v) is 13.6. The second kappa shape index (κ2) is 12.7. The van der Waals surface area contributed by atoms with Crippen LogP contribution < -0.4 is 15.0 Å². The molecule has 1 N–H and O–H groups in total. The fraction of sp³-hybridized carbons (Fsp3) is 0.219. The van der Waals surface area contributed by atoms with Gasteiger partial charge in [-0.3, -0.25) is 14.5 Å². The first-order chi connectivity index (χ1) is 20.7. The lowest BCUT2D eigenvalue weighted by Crippen LogP contribution is -2.45. The molecule has 3 aromatic carbocycles. The van der Waals surface area contributed by atoms with Crippen LogP contribution in [-0.4, -0.2) is 39.1 Å². The number of tetrazole rings is 1. The van der Waals surface area contributed by atoms with Crippen LogP contribution in [0.5, 0.6) is 5.75 Å². The van der Waals surface area contributed by atoms with Gasteiger partial charge < -0.3 is 14.5 Å². The molecule has 0 saturated heterocycles. The average molecular weight is 583 g/mol. The standard InChI is InChI=1S/C32H31FN6O4/c1-20-5-15-27(21(2)17-20)39(29(40)19-38-36-31(35-37-38)24-9-11-25(33)12-10-24)30(28-16-6-22(3)43-28)32(41)34-18-23-7-13-26(42-4)14-8-23/h5-17,30H,18-19H2,1-4H3,(H,34,41)/t30-/m1/s1. The van der Waals surface area contributed by atoms with Crippen LogP contribution in [-0.2, 0) is 22.7 Å². The van der Waals surface area contributed by atoms with Crippen molar-refractivity contribution in [3.63, 3.8) is 0 Å². The minimum absolute atomic E-state index is 0.222. The van der Waals surface area contributed by atoms with Gasteiger partial charge in [0.2, 0.25) is 5.82 Å². The predicted octanol–water partition coefficient (Wildman–Crippen LogP) is 5.10. The van der Waals surface area contributed by atoms with E-state index < -0.39 is 17.9 Å². The van der Waals surface area contributed by atoms with E-state index in [1.165, 1.54) is 29.2 Å². The van der Waals surface area contributed by atoms with Crippen LogP contribution in [0.2, 0.25) is 0 Å². The molecule has 0 unspecified atom stereocenters. The Morgan fingerprint density at radius 2 is 1.74 bits per heavy atom. The predicted molar refractivity (Wildman–Crippen MR) is 158 cm³/mol. The number of halogens is 1. The van der Waals surface area contributed by atoms with Crippen LogP contribution in [0.15, 0.2) is 83.3 Å². The maximum atomic E-state index is 14.1. The molecule has 0 spiro atoms. The van der Waals surface area contributed by atoms with E-state index in [0.29, 0.717) is 28.5 Å². The fourth-order valence-electron chi connectivity index (χ4n) is 4.72. The van der Waals surface area contributed by atoms with Gasteiger partial charge in [0.15, 0.2) is 6.04 Å².